The predicted molar refractivity (Wildman–Crippen MR) is 119 cm³/mol. The minimum Gasteiger partial charge on any atom is -0.457 e. The van der Waals surface area contributed by atoms with Crippen molar-refractivity contribution in [2.75, 3.05) is 11.9 Å². The first-order chi connectivity index (χ1) is 14.6. The fraction of sp³-hybridized carbons (Fsp3) is 0.0769. The molecule has 30 heavy (non-hydrogen) atoms. The first kappa shape index (κ1) is 19.4. The molecule has 1 amide bonds. The van der Waals surface area contributed by atoms with E-state index in [1.807, 2.05) is 72.8 Å². The molecule has 0 spiro atoms. The van der Waals surface area contributed by atoms with Crippen molar-refractivity contribution in [2.24, 2.45) is 0 Å². The minimum absolute atomic E-state index is 0.136. The maximum Gasteiger partial charge on any atom is 0.339 e. The highest BCUT2D eigenvalue weighted by Crippen LogP contribution is 2.21. The number of para-hydroxylation sites is 1. The van der Waals surface area contributed by atoms with Crippen LogP contribution in [0.25, 0.3) is 10.8 Å². The van der Waals surface area contributed by atoms with Gasteiger partial charge in [0.15, 0.2) is 0 Å². The van der Waals surface area contributed by atoms with Crippen LogP contribution in [0.15, 0.2) is 97.1 Å². The highest BCUT2D eigenvalue weighted by molar-refractivity contribution is 6.12. The van der Waals surface area contributed by atoms with E-state index < -0.39 is 5.97 Å². The Balaban J connectivity index is 1.56. The number of hydrogen-bond donors (Lipinski definition) is 0. The van der Waals surface area contributed by atoms with Crippen LogP contribution < -0.4 is 4.90 Å². The molecule has 0 aliphatic carbocycles. The van der Waals surface area contributed by atoms with Crippen LogP contribution in [0.2, 0.25) is 0 Å². The van der Waals surface area contributed by atoms with Crippen molar-refractivity contribution in [3.8, 4) is 0 Å². The summed E-state index contributed by atoms with van der Waals surface area (Å²) in [4.78, 5) is 27.4. The molecule has 0 aliphatic heterocycles. The summed E-state index contributed by atoms with van der Waals surface area (Å²) in [6.45, 7) is 0.136. The molecule has 0 saturated carbocycles. The van der Waals surface area contributed by atoms with E-state index in [1.165, 1.54) is 4.90 Å². The summed E-state index contributed by atoms with van der Waals surface area (Å²) in [6, 6.07) is 29.9. The average Bonchev–Trinajstić information content (AvgIpc) is 2.82. The number of anilines is 1. The molecular weight excluding hydrogens is 374 g/mol. The predicted octanol–water partition coefficient (Wildman–Crippen LogP) is 5.47. The number of amides is 1. The summed E-state index contributed by atoms with van der Waals surface area (Å²) < 4.78 is 5.59. The minimum atomic E-state index is -0.520. The highest BCUT2D eigenvalue weighted by atomic mass is 16.5. The standard InChI is InChI=1S/C26H21NO3/c1-27(21-13-3-2-4-14-21)25(28)23-16-7-8-17-24(23)26(29)30-18-20-12-9-11-19-10-5-6-15-22(19)20/h2-17H,18H2,1H3. The van der Waals surface area contributed by atoms with Gasteiger partial charge in [-0.3, -0.25) is 4.79 Å². The number of ether oxygens (including phenoxy) is 1. The van der Waals surface area contributed by atoms with Gasteiger partial charge in [0, 0.05) is 12.7 Å². The monoisotopic (exact) mass is 395 g/mol. The van der Waals surface area contributed by atoms with Crippen LogP contribution in [0.4, 0.5) is 5.69 Å². The van der Waals surface area contributed by atoms with Crippen LogP contribution in [-0.2, 0) is 11.3 Å². The Kier molecular flexibility index (Phi) is 5.57. The second-order valence-corrected chi connectivity index (χ2v) is 6.96. The van der Waals surface area contributed by atoms with Gasteiger partial charge in [0.2, 0.25) is 0 Å². The SMILES string of the molecule is CN(C(=O)c1ccccc1C(=O)OCc1cccc2ccccc12)c1ccccc1. The van der Waals surface area contributed by atoms with Crippen LogP contribution in [0.1, 0.15) is 26.3 Å². The second-order valence-electron chi connectivity index (χ2n) is 6.96. The van der Waals surface area contributed by atoms with E-state index in [-0.39, 0.29) is 18.1 Å². The van der Waals surface area contributed by atoms with Gasteiger partial charge in [-0.25, -0.2) is 4.79 Å². The van der Waals surface area contributed by atoms with Crippen LogP contribution in [-0.4, -0.2) is 18.9 Å². The molecule has 4 nitrogen and oxygen atoms in total. The molecule has 0 fully saturated rings. The second kappa shape index (κ2) is 8.62. The molecule has 0 aliphatic rings. The fourth-order valence-corrected chi connectivity index (χ4v) is 3.44. The number of hydrogen-bond acceptors (Lipinski definition) is 3. The van der Waals surface area contributed by atoms with E-state index in [9.17, 15) is 9.59 Å². The number of esters is 1. The van der Waals surface area contributed by atoms with Crippen molar-refractivity contribution in [1.82, 2.24) is 0 Å². The lowest BCUT2D eigenvalue weighted by Crippen LogP contribution is -2.28. The van der Waals surface area contributed by atoms with Crippen molar-refractivity contribution in [3.63, 3.8) is 0 Å². The topological polar surface area (TPSA) is 46.6 Å². The van der Waals surface area contributed by atoms with Gasteiger partial charge in [-0.15, -0.1) is 0 Å². The molecule has 4 rings (SSSR count). The van der Waals surface area contributed by atoms with Gasteiger partial charge in [0.1, 0.15) is 6.61 Å². The molecular formula is C26H21NO3. The zero-order valence-electron chi connectivity index (χ0n) is 16.6. The first-order valence-corrected chi connectivity index (χ1v) is 9.71. The number of rotatable bonds is 5. The Morgan fingerprint density at radius 1 is 0.733 bits per heavy atom. The normalized spacial score (nSPS) is 10.6. The summed E-state index contributed by atoms with van der Waals surface area (Å²) in [7, 11) is 1.69. The van der Waals surface area contributed by atoms with Gasteiger partial charge in [-0.05, 0) is 40.6 Å². The molecule has 4 heteroatoms. The molecule has 0 N–H and O–H groups in total. The van der Waals surface area contributed by atoms with Crippen molar-refractivity contribution >= 4 is 28.3 Å². The summed E-state index contributed by atoms with van der Waals surface area (Å²) in [5.74, 6) is -0.785. The van der Waals surface area contributed by atoms with Crippen LogP contribution in [0.3, 0.4) is 0 Å². The molecule has 4 aromatic carbocycles. The molecule has 0 atom stereocenters. The number of nitrogens with zero attached hydrogens (tertiary/aromatic N) is 1. The van der Waals surface area contributed by atoms with Gasteiger partial charge in [-0.2, -0.15) is 0 Å². The van der Waals surface area contributed by atoms with E-state index in [0.717, 1.165) is 22.0 Å². The summed E-state index contributed by atoms with van der Waals surface area (Å²) >= 11 is 0. The smallest absolute Gasteiger partial charge is 0.339 e. The molecule has 0 unspecified atom stereocenters. The number of carbonyl (C=O) groups excluding carboxylic acids is 2. The third kappa shape index (κ3) is 3.94. The lowest BCUT2D eigenvalue weighted by Gasteiger charge is -2.19. The molecule has 0 aromatic heterocycles. The van der Waals surface area contributed by atoms with Gasteiger partial charge in [0.05, 0.1) is 11.1 Å². The van der Waals surface area contributed by atoms with Gasteiger partial charge in [-0.1, -0.05) is 72.8 Å². The van der Waals surface area contributed by atoms with E-state index in [1.54, 1.807) is 31.3 Å². The van der Waals surface area contributed by atoms with Gasteiger partial charge >= 0.3 is 5.97 Å². The Morgan fingerprint density at radius 2 is 1.37 bits per heavy atom. The molecule has 0 saturated heterocycles. The van der Waals surface area contributed by atoms with E-state index in [0.29, 0.717) is 5.56 Å². The number of benzene rings is 4. The van der Waals surface area contributed by atoms with E-state index >= 15 is 0 Å². The van der Waals surface area contributed by atoms with Gasteiger partial charge in [0.25, 0.3) is 5.91 Å². The lowest BCUT2D eigenvalue weighted by atomic mass is 10.0. The molecule has 0 bridgehead atoms. The zero-order chi connectivity index (χ0) is 20.9. The van der Waals surface area contributed by atoms with Crippen molar-refractivity contribution < 1.29 is 14.3 Å². The zero-order valence-corrected chi connectivity index (χ0v) is 16.6. The molecule has 0 heterocycles. The van der Waals surface area contributed by atoms with Crippen LogP contribution in [0.5, 0.6) is 0 Å². The largest absolute Gasteiger partial charge is 0.457 e. The maximum absolute atomic E-state index is 13.0. The highest BCUT2D eigenvalue weighted by Gasteiger charge is 2.21. The quantitative estimate of drug-likeness (QED) is 0.421. The first-order valence-electron chi connectivity index (χ1n) is 9.71. The van der Waals surface area contributed by atoms with E-state index in [4.69, 9.17) is 4.74 Å². The summed E-state index contributed by atoms with van der Waals surface area (Å²) in [5.41, 5.74) is 2.24. The average molecular weight is 395 g/mol. The Morgan fingerprint density at radius 3 is 2.17 bits per heavy atom. The van der Waals surface area contributed by atoms with Crippen molar-refractivity contribution in [1.29, 1.82) is 0 Å². The number of carbonyl (C=O) groups is 2. The summed E-state index contributed by atoms with van der Waals surface area (Å²) in [5, 5.41) is 2.13. The number of fused-ring (bicyclic) bond motifs is 1. The van der Waals surface area contributed by atoms with Crippen molar-refractivity contribution in [3.05, 3.63) is 114 Å². The molecule has 0 radical (unpaired) electrons. The summed E-state index contributed by atoms with van der Waals surface area (Å²) in [6.07, 6.45) is 0. The van der Waals surface area contributed by atoms with Crippen LogP contribution >= 0.6 is 0 Å². The Hall–Kier alpha value is -3.92. The third-order valence-electron chi connectivity index (χ3n) is 5.06. The maximum atomic E-state index is 13.0. The third-order valence-corrected chi connectivity index (χ3v) is 5.06. The Bertz CT molecular complexity index is 1200. The molecule has 148 valence electrons. The van der Waals surface area contributed by atoms with Crippen LogP contribution in [0, 0.1) is 0 Å². The lowest BCUT2D eigenvalue weighted by molar-refractivity contribution is 0.0471. The Labute approximate surface area is 175 Å². The fourth-order valence-electron chi connectivity index (χ4n) is 3.44. The van der Waals surface area contributed by atoms with Crippen molar-refractivity contribution in [2.45, 2.75) is 6.61 Å². The molecule has 4 aromatic rings. The van der Waals surface area contributed by atoms with E-state index in [2.05, 4.69) is 0 Å². The van der Waals surface area contributed by atoms with Gasteiger partial charge < -0.3 is 9.64 Å².